The molecule has 0 saturated carbocycles. The van der Waals surface area contributed by atoms with E-state index >= 15 is 0 Å². The van der Waals surface area contributed by atoms with Gasteiger partial charge in [-0.25, -0.2) is 16.8 Å². The average Bonchev–Trinajstić information content (AvgIpc) is 3.29. The van der Waals surface area contributed by atoms with Gasteiger partial charge in [0, 0.05) is 12.6 Å². The number of aryl methyl sites for hydroxylation is 1. The molecule has 2 atom stereocenters. The number of fused-ring (bicyclic) bond motifs is 1. The van der Waals surface area contributed by atoms with Crippen LogP contribution >= 0.6 is 0 Å². The molecule has 2 aromatic carbocycles. The zero-order valence-electron chi connectivity index (χ0n) is 16.0. The van der Waals surface area contributed by atoms with Crippen molar-refractivity contribution in [2.75, 3.05) is 18.3 Å². The summed E-state index contributed by atoms with van der Waals surface area (Å²) in [7, 11) is -7.23. The molecule has 1 N–H and O–H groups in total. The summed E-state index contributed by atoms with van der Waals surface area (Å²) in [6.45, 7) is 2.49. The molecular formula is C20H23NO6S2. The third-order valence-electron chi connectivity index (χ3n) is 5.36. The molecule has 29 heavy (non-hydrogen) atoms. The van der Waals surface area contributed by atoms with E-state index in [1.165, 1.54) is 0 Å². The Labute approximate surface area is 170 Å². The Morgan fingerprint density at radius 1 is 1.00 bits per heavy atom. The van der Waals surface area contributed by atoms with Crippen molar-refractivity contribution in [2.24, 2.45) is 0 Å². The van der Waals surface area contributed by atoms with Crippen molar-refractivity contribution in [3.63, 3.8) is 0 Å². The fourth-order valence-corrected chi connectivity index (χ4v) is 8.42. The lowest BCUT2D eigenvalue weighted by Crippen LogP contribution is -2.43. The summed E-state index contributed by atoms with van der Waals surface area (Å²) in [6, 6.07) is 11.4. The van der Waals surface area contributed by atoms with E-state index in [0.29, 0.717) is 18.0 Å². The summed E-state index contributed by atoms with van der Waals surface area (Å²) in [5.74, 6) is 0.717. The molecule has 9 heteroatoms. The van der Waals surface area contributed by atoms with Gasteiger partial charge in [-0.05, 0) is 41.8 Å². The summed E-state index contributed by atoms with van der Waals surface area (Å²) in [5.41, 5.74) is 1.89. The maximum Gasteiger partial charge on any atom is 0.231 e. The molecule has 2 aliphatic heterocycles. The second-order valence-electron chi connectivity index (χ2n) is 7.33. The molecular weight excluding hydrogens is 414 g/mol. The molecule has 0 bridgehead atoms. The van der Waals surface area contributed by atoms with Crippen LogP contribution in [0.5, 0.6) is 11.5 Å². The maximum atomic E-state index is 13.2. The molecule has 2 aliphatic rings. The van der Waals surface area contributed by atoms with E-state index in [1.807, 2.05) is 19.1 Å². The molecule has 0 amide bonds. The van der Waals surface area contributed by atoms with Gasteiger partial charge in [0.05, 0.1) is 21.7 Å². The highest BCUT2D eigenvalue weighted by Gasteiger charge is 2.45. The van der Waals surface area contributed by atoms with Crippen molar-refractivity contribution in [3.05, 3.63) is 53.6 Å². The SMILES string of the molecule is CCc1ccc(S(=O)(=O)[C@H]2CS(=O)(=O)C[C@@H]2NCc2ccc3c(c2)OCO3)cc1. The van der Waals surface area contributed by atoms with Crippen molar-refractivity contribution in [1.29, 1.82) is 0 Å². The zero-order chi connectivity index (χ0) is 20.6. The summed E-state index contributed by atoms with van der Waals surface area (Å²) in [4.78, 5) is 0.159. The number of nitrogens with one attached hydrogen (secondary N) is 1. The number of rotatable bonds is 6. The van der Waals surface area contributed by atoms with Gasteiger partial charge in [-0.1, -0.05) is 25.1 Å². The van der Waals surface area contributed by atoms with E-state index in [4.69, 9.17) is 9.47 Å². The van der Waals surface area contributed by atoms with E-state index < -0.39 is 31.0 Å². The Hall–Kier alpha value is -2.10. The molecule has 7 nitrogen and oxygen atoms in total. The topological polar surface area (TPSA) is 98.8 Å². The predicted molar refractivity (Wildman–Crippen MR) is 109 cm³/mol. The highest BCUT2D eigenvalue weighted by Crippen LogP contribution is 2.33. The quantitative estimate of drug-likeness (QED) is 0.734. The normalized spacial score (nSPS) is 22.7. The molecule has 156 valence electrons. The summed E-state index contributed by atoms with van der Waals surface area (Å²) in [6.07, 6.45) is 0.803. The van der Waals surface area contributed by atoms with E-state index in [2.05, 4.69) is 5.32 Å². The molecule has 4 rings (SSSR count). The number of benzene rings is 2. The molecule has 1 saturated heterocycles. The molecule has 0 aliphatic carbocycles. The van der Waals surface area contributed by atoms with E-state index in [1.54, 1.807) is 30.3 Å². The fraction of sp³-hybridized carbons (Fsp3) is 0.400. The first-order valence-corrected chi connectivity index (χ1v) is 12.8. The highest BCUT2D eigenvalue weighted by molar-refractivity contribution is 7.96. The van der Waals surface area contributed by atoms with E-state index in [9.17, 15) is 16.8 Å². The second kappa shape index (κ2) is 7.62. The number of hydrogen-bond donors (Lipinski definition) is 1. The van der Waals surface area contributed by atoms with Crippen LogP contribution in [0.4, 0.5) is 0 Å². The van der Waals surface area contributed by atoms with E-state index in [0.717, 1.165) is 17.5 Å². The van der Waals surface area contributed by atoms with Crippen LogP contribution in [0, 0.1) is 0 Å². The average molecular weight is 438 g/mol. The minimum absolute atomic E-state index is 0.159. The first-order chi connectivity index (χ1) is 13.8. The van der Waals surface area contributed by atoms with Crippen LogP contribution in [-0.2, 0) is 32.6 Å². The fourth-order valence-electron chi connectivity index (χ4n) is 3.70. The standard InChI is InChI=1S/C20H23NO6S2/c1-2-14-3-6-16(7-4-14)29(24,25)20-12-28(22,23)11-17(20)21-10-15-5-8-18-19(9-15)27-13-26-18/h3-9,17,20-21H,2,10-13H2,1H3/t17-,20-/m0/s1. The van der Waals surface area contributed by atoms with Gasteiger partial charge in [-0.3, -0.25) is 0 Å². The monoisotopic (exact) mass is 437 g/mol. The van der Waals surface area contributed by atoms with Gasteiger partial charge < -0.3 is 14.8 Å². The maximum absolute atomic E-state index is 13.2. The lowest BCUT2D eigenvalue weighted by atomic mass is 10.2. The second-order valence-corrected chi connectivity index (χ2v) is 11.7. The first kappa shape index (κ1) is 20.2. The minimum Gasteiger partial charge on any atom is -0.454 e. The van der Waals surface area contributed by atoms with Crippen LogP contribution in [0.15, 0.2) is 47.4 Å². The smallest absolute Gasteiger partial charge is 0.231 e. The Balaban J connectivity index is 1.54. The van der Waals surface area contributed by atoms with Gasteiger partial charge in [0.25, 0.3) is 0 Å². The van der Waals surface area contributed by atoms with Crippen LogP contribution in [0.25, 0.3) is 0 Å². The number of ether oxygens (including phenoxy) is 2. The zero-order valence-corrected chi connectivity index (χ0v) is 17.6. The van der Waals surface area contributed by atoms with E-state index in [-0.39, 0.29) is 23.2 Å². The third-order valence-corrected chi connectivity index (χ3v) is 9.53. The third kappa shape index (κ3) is 4.12. The minimum atomic E-state index is -3.78. The summed E-state index contributed by atoms with van der Waals surface area (Å²) < 4.78 is 61.5. The molecule has 0 radical (unpaired) electrons. The van der Waals surface area contributed by atoms with Crippen molar-refractivity contribution >= 4 is 19.7 Å². The van der Waals surface area contributed by atoms with Crippen LogP contribution in [0.2, 0.25) is 0 Å². The van der Waals surface area contributed by atoms with Gasteiger partial charge in [-0.15, -0.1) is 0 Å². The predicted octanol–water partition coefficient (Wildman–Crippen LogP) is 1.71. The molecule has 0 aromatic heterocycles. The molecule has 2 aromatic rings. The van der Waals surface area contributed by atoms with Gasteiger partial charge in [0.15, 0.2) is 31.2 Å². The lowest BCUT2D eigenvalue weighted by Gasteiger charge is -2.20. The molecule has 0 spiro atoms. The number of hydrogen-bond acceptors (Lipinski definition) is 7. The molecule has 1 fully saturated rings. The molecule has 2 heterocycles. The highest BCUT2D eigenvalue weighted by atomic mass is 32.2. The Bertz CT molecular complexity index is 1110. The first-order valence-electron chi connectivity index (χ1n) is 9.44. The van der Waals surface area contributed by atoms with Crippen molar-refractivity contribution in [3.8, 4) is 11.5 Å². The van der Waals surface area contributed by atoms with Gasteiger partial charge in [0.1, 0.15) is 0 Å². The summed E-state index contributed by atoms with van der Waals surface area (Å²) >= 11 is 0. The Morgan fingerprint density at radius 3 is 2.41 bits per heavy atom. The van der Waals surface area contributed by atoms with Crippen molar-refractivity contribution < 1.29 is 26.3 Å². The molecule has 0 unspecified atom stereocenters. The summed E-state index contributed by atoms with van der Waals surface area (Å²) in [5, 5.41) is 2.12. The largest absolute Gasteiger partial charge is 0.454 e. The van der Waals surface area contributed by atoms with Crippen molar-refractivity contribution in [2.45, 2.75) is 36.1 Å². The van der Waals surface area contributed by atoms with Crippen LogP contribution in [0.1, 0.15) is 18.1 Å². The van der Waals surface area contributed by atoms with Crippen molar-refractivity contribution in [1.82, 2.24) is 5.32 Å². The van der Waals surface area contributed by atoms with Gasteiger partial charge in [-0.2, -0.15) is 0 Å². The van der Waals surface area contributed by atoms with Crippen LogP contribution in [-0.4, -0.2) is 46.4 Å². The van der Waals surface area contributed by atoms with Crippen LogP contribution in [0.3, 0.4) is 0 Å². The number of sulfone groups is 2. The Kier molecular flexibility index (Phi) is 5.30. The van der Waals surface area contributed by atoms with Gasteiger partial charge in [0.2, 0.25) is 6.79 Å². The van der Waals surface area contributed by atoms with Gasteiger partial charge >= 0.3 is 0 Å². The van der Waals surface area contributed by atoms with Crippen LogP contribution < -0.4 is 14.8 Å². The Morgan fingerprint density at radius 2 is 1.69 bits per heavy atom. The lowest BCUT2D eigenvalue weighted by molar-refractivity contribution is 0.174.